The number of nitrogens with zero attached hydrogens (tertiary/aromatic N) is 3. The van der Waals surface area contributed by atoms with E-state index < -0.39 is 5.82 Å². The van der Waals surface area contributed by atoms with Crippen LogP contribution in [-0.2, 0) is 6.61 Å². The van der Waals surface area contributed by atoms with E-state index in [1.54, 1.807) is 6.07 Å². The molecule has 30 heavy (non-hydrogen) atoms. The molecule has 0 unspecified atom stereocenters. The minimum Gasteiger partial charge on any atom is -0.488 e. The van der Waals surface area contributed by atoms with Crippen LogP contribution in [0.3, 0.4) is 0 Å². The lowest BCUT2D eigenvalue weighted by Gasteiger charge is -2.29. The van der Waals surface area contributed by atoms with Gasteiger partial charge in [0.2, 0.25) is 0 Å². The highest BCUT2D eigenvalue weighted by molar-refractivity contribution is 9.10. The zero-order valence-electron chi connectivity index (χ0n) is 16.4. The van der Waals surface area contributed by atoms with Crippen LogP contribution in [0.15, 0.2) is 59.1 Å². The molecule has 152 valence electrons. The molecule has 0 bridgehead atoms. The van der Waals surface area contributed by atoms with Crippen LogP contribution in [0.4, 0.5) is 10.2 Å². The molecule has 0 N–H and O–H groups in total. The van der Waals surface area contributed by atoms with Crippen molar-refractivity contribution in [2.24, 2.45) is 0 Å². The topological polar surface area (TPSA) is 49.2 Å². The Balaban J connectivity index is 1.74. The summed E-state index contributed by atoms with van der Waals surface area (Å²) < 4.78 is 21.1. The van der Waals surface area contributed by atoms with Crippen molar-refractivity contribution in [2.45, 2.75) is 25.9 Å². The van der Waals surface area contributed by atoms with E-state index >= 15 is 0 Å². The first kappa shape index (κ1) is 20.4. The van der Waals surface area contributed by atoms with Gasteiger partial charge in [0.15, 0.2) is 0 Å². The lowest BCUT2D eigenvalue weighted by Crippen LogP contribution is -2.30. The number of pyridine rings is 1. The molecule has 1 aromatic heterocycles. The first-order valence-electron chi connectivity index (χ1n) is 9.98. The second-order valence-corrected chi connectivity index (χ2v) is 8.06. The van der Waals surface area contributed by atoms with E-state index in [1.807, 2.05) is 42.5 Å². The minimum atomic E-state index is -0.557. The van der Waals surface area contributed by atoms with Gasteiger partial charge in [-0.1, -0.05) is 36.4 Å². The van der Waals surface area contributed by atoms with E-state index in [-0.39, 0.29) is 5.56 Å². The number of benzene rings is 2. The predicted molar refractivity (Wildman–Crippen MR) is 119 cm³/mol. The van der Waals surface area contributed by atoms with Gasteiger partial charge in [0.05, 0.1) is 15.7 Å². The van der Waals surface area contributed by atoms with E-state index in [2.05, 4.69) is 20.8 Å². The van der Waals surface area contributed by atoms with Crippen LogP contribution in [0.2, 0.25) is 0 Å². The first-order chi connectivity index (χ1) is 14.7. The first-order valence-corrected chi connectivity index (χ1v) is 10.8. The predicted octanol–water partition coefficient (Wildman–Crippen LogP) is 6.09. The maximum atomic E-state index is 14.3. The van der Waals surface area contributed by atoms with Gasteiger partial charge in [-0.15, -0.1) is 0 Å². The Morgan fingerprint density at radius 2 is 1.83 bits per heavy atom. The summed E-state index contributed by atoms with van der Waals surface area (Å²) >= 11 is 3.62. The van der Waals surface area contributed by atoms with E-state index in [4.69, 9.17) is 15.0 Å². The average molecular weight is 466 g/mol. The molecule has 0 aliphatic carbocycles. The van der Waals surface area contributed by atoms with Crippen LogP contribution >= 0.6 is 15.9 Å². The van der Waals surface area contributed by atoms with Crippen LogP contribution in [0, 0.1) is 17.1 Å². The highest BCUT2D eigenvalue weighted by Gasteiger charge is 2.19. The van der Waals surface area contributed by atoms with Gasteiger partial charge in [-0.25, -0.2) is 9.37 Å². The van der Waals surface area contributed by atoms with Gasteiger partial charge >= 0.3 is 0 Å². The van der Waals surface area contributed by atoms with Crippen molar-refractivity contribution in [3.63, 3.8) is 0 Å². The molecular formula is C24H21BrFN3O. The van der Waals surface area contributed by atoms with E-state index in [9.17, 15) is 4.39 Å². The maximum absolute atomic E-state index is 14.3. The number of hydrogen-bond acceptors (Lipinski definition) is 4. The third-order valence-electron chi connectivity index (χ3n) is 5.19. The SMILES string of the molecule is N#Cc1ccc(-c2nc(N3CCCCC3)cc(OCc3ccccc3)c2Br)cc1F. The molecule has 1 aliphatic rings. The van der Waals surface area contributed by atoms with Gasteiger partial charge < -0.3 is 9.64 Å². The van der Waals surface area contributed by atoms with Crippen LogP contribution in [0.5, 0.6) is 5.75 Å². The molecule has 1 fully saturated rings. The van der Waals surface area contributed by atoms with Gasteiger partial charge in [0.25, 0.3) is 0 Å². The standard InChI is InChI=1S/C24H21BrFN3O/c25-23-21(30-16-17-7-3-1-4-8-17)14-22(29-11-5-2-6-12-29)28-24(23)18-9-10-19(15-27)20(26)13-18/h1,3-4,7-10,13-14H,2,5-6,11-12,16H2. The lowest BCUT2D eigenvalue weighted by atomic mass is 10.1. The fraction of sp³-hybridized carbons (Fsp3) is 0.250. The third kappa shape index (κ3) is 4.47. The second kappa shape index (κ2) is 9.27. The van der Waals surface area contributed by atoms with Crippen LogP contribution < -0.4 is 9.64 Å². The molecular weight excluding hydrogens is 445 g/mol. The quantitative estimate of drug-likeness (QED) is 0.457. The Labute approximate surface area is 184 Å². The summed E-state index contributed by atoms with van der Waals surface area (Å²) in [5, 5.41) is 9.03. The largest absolute Gasteiger partial charge is 0.488 e. The highest BCUT2D eigenvalue weighted by Crippen LogP contribution is 2.38. The number of nitriles is 1. The highest BCUT2D eigenvalue weighted by atomic mass is 79.9. The Morgan fingerprint density at radius 1 is 1.07 bits per heavy atom. The molecule has 0 saturated carbocycles. The molecule has 2 heterocycles. The molecule has 1 saturated heterocycles. The number of hydrogen-bond donors (Lipinski definition) is 0. The van der Waals surface area contributed by atoms with Gasteiger partial charge in [-0.05, 0) is 52.9 Å². The van der Waals surface area contributed by atoms with Crippen molar-refractivity contribution in [3.8, 4) is 23.1 Å². The smallest absolute Gasteiger partial charge is 0.141 e. The Morgan fingerprint density at radius 3 is 2.53 bits per heavy atom. The van der Waals surface area contributed by atoms with Crippen LogP contribution in [0.25, 0.3) is 11.3 Å². The number of aromatic nitrogens is 1. The van der Waals surface area contributed by atoms with E-state index in [0.29, 0.717) is 28.1 Å². The molecule has 0 atom stereocenters. The summed E-state index contributed by atoms with van der Waals surface area (Å²) in [6, 6.07) is 18.3. The molecule has 4 rings (SSSR count). The number of anilines is 1. The second-order valence-electron chi connectivity index (χ2n) is 7.27. The Bertz CT molecular complexity index is 1080. The van der Waals surface area contributed by atoms with Crippen LogP contribution in [0.1, 0.15) is 30.4 Å². The van der Waals surface area contributed by atoms with Gasteiger partial charge in [-0.3, -0.25) is 0 Å². The van der Waals surface area contributed by atoms with Crippen molar-refractivity contribution in [1.29, 1.82) is 5.26 Å². The van der Waals surface area contributed by atoms with Crippen molar-refractivity contribution in [1.82, 2.24) is 4.98 Å². The molecule has 4 nitrogen and oxygen atoms in total. The van der Waals surface area contributed by atoms with Crippen molar-refractivity contribution >= 4 is 21.7 Å². The minimum absolute atomic E-state index is 0.0163. The fourth-order valence-electron chi connectivity index (χ4n) is 3.56. The number of ether oxygens (including phenoxy) is 1. The Hall–Kier alpha value is -2.91. The van der Waals surface area contributed by atoms with Gasteiger partial charge in [0, 0.05) is 24.7 Å². The van der Waals surface area contributed by atoms with Gasteiger partial charge in [0.1, 0.15) is 30.1 Å². The van der Waals surface area contributed by atoms with Crippen molar-refractivity contribution in [3.05, 3.63) is 76.0 Å². The monoisotopic (exact) mass is 465 g/mol. The summed E-state index contributed by atoms with van der Waals surface area (Å²) in [7, 11) is 0. The Kier molecular flexibility index (Phi) is 6.29. The summed E-state index contributed by atoms with van der Waals surface area (Å²) in [6.07, 6.45) is 3.47. The molecule has 6 heteroatoms. The summed E-state index contributed by atoms with van der Waals surface area (Å²) in [5.41, 5.74) is 2.28. The average Bonchev–Trinajstić information content (AvgIpc) is 2.79. The molecule has 0 spiro atoms. The van der Waals surface area contributed by atoms with Crippen LogP contribution in [-0.4, -0.2) is 18.1 Å². The summed E-state index contributed by atoms with van der Waals surface area (Å²) in [5.74, 6) is 0.925. The maximum Gasteiger partial charge on any atom is 0.141 e. The van der Waals surface area contributed by atoms with Crippen molar-refractivity contribution in [2.75, 3.05) is 18.0 Å². The van der Waals surface area contributed by atoms with E-state index in [1.165, 1.54) is 18.6 Å². The van der Waals surface area contributed by atoms with Crippen molar-refractivity contribution < 1.29 is 9.13 Å². The van der Waals surface area contributed by atoms with E-state index in [0.717, 1.165) is 37.3 Å². The molecule has 1 aliphatic heterocycles. The molecule has 0 radical (unpaired) electrons. The molecule has 0 amide bonds. The normalized spacial score (nSPS) is 13.7. The summed E-state index contributed by atoms with van der Waals surface area (Å²) in [6.45, 7) is 2.30. The number of rotatable bonds is 5. The molecule has 3 aromatic rings. The number of piperidine rings is 1. The summed E-state index contributed by atoms with van der Waals surface area (Å²) in [4.78, 5) is 7.07. The fourth-order valence-corrected chi connectivity index (χ4v) is 4.11. The lowest BCUT2D eigenvalue weighted by molar-refractivity contribution is 0.304. The zero-order valence-corrected chi connectivity index (χ0v) is 18.0. The van der Waals surface area contributed by atoms with Gasteiger partial charge in [-0.2, -0.15) is 5.26 Å². The third-order valence-corrected chi connectivity index (χ3v) is 5.96. The molecule has 2 aromatic carbocycles. The zero-order chi connectivity index (χ0) is 20.9. The number of halogens is 2.